The quantitative estimate of drug-likeness (QED) is 0.308. The van der Waals surface area contributed by atoms with Crippen LogP contribution >= 0.6 is 22.6 Å². The Morgan fingerprint density at radius 2 is 2.17 bits per heavy atom. The summed E-state index contributed by atoms with van der Waals surface area (Å²) in [5.41, 5.74) is 3.65. The molecule has 1 atom stereocenters. The van der Waals surface area contributed by atoms with Gasteiger partial charge < -0.3 is 20.1 Å². The van der Waals surface area contributed by atoms with Crippen LogP contribution in [0.5, 0.6) is 0 Å². The van der Waals surface area contributed by atoms with Crippen molar-refractivity contribution in [3.8, 4) is 0 Å². The molecule has 1 heterocycles. The summed E-state index contributed by atoms with van der Waals surface area (Å²) in [6, 6.07) is 4.65. The van der Waals surface area contributed by atoms with Crippen LogP contribution in [0.15, 0.2) is 18.2 Å². The van der Waals surface area contributed by atoms with Gasteiger partial charge in [0.05, 0.1) is 23.0 Å². The molecule has 4 N–H and O–H groups in total. The number of halogens is 2. The van der Waals surface area contributed by atoms with Gasteiger partial charge >= 0.3 is 0 Å². The first-order valence-electron chi connectivity index (χ1n) is 9.51. The van der Waals surface area contributed by atoms with Crippen LogP contribution in [-0.2, 0) is 18.3 Å². The predicted octanol–water partition coefficient (Wildman–Crippen LogP) is 2.44. The molecule has 0 bridgehead atoms. The number of ketones is 1. The topological polar surface area (TPSA) is 113 Å². The van der Waals surface area contributed by atoms with Crippen LogP contribution in [0.25, 0.3) is 0 Å². The number of Topliss-reactive ketones (excluding diaryl/α,β-unsaturated/α-hetero) is 1. The number of aliphatic hydroxyl groups excluding tert-OH is 2. The minimum absolute atomic E-state index is 0.0804. The van der Waals surface area contributed by atoms with E-state index >= 15 is 0 Å². The van der Waals surface area contributed by atoms with Gasteiger partial charge in [0, 0.05) is 23.6 Å². The summed E-state index contributed by atoms with van der Waals surface area (Å²) >= 11 is 2.00. The number of hydroxylamine groups is 1. The molecule has 2 aromatic rings. The normalized spacial score (nSPS) is 14.4. The highest BCUT2D eigenvalue weighted by atomic mass is 127. The maximum Gasteiger partial charge on any atom is 0.278 e. The highest BCUT2D eigenvalue weighted by Gasteiger charge is 2.32. The maximum atomic E-state index is 14.4. The summed E-state index contributed by atoms with van der Waals surface area (Å²) in [5, 5.41) is 21.4. The molecular formula is C20H23FIN3O5. The third kappa shape index (κ3) is 4.82. The number of anilines is 2. The molecule has 30 heavy (non-hydrogen) atoms. The Balaban J connectivity index is 1.93. The van der Waals surface area contributed by atoms with Crippen molar-refractivity contribution in [3.05, 3.63) is 44.4 Å². The number of amides is 1. The molecular weight excluding hydrogens is 508 g/mol. The molecule has 1 amide bonds. The third-order valence-electron chi connectivity index (χ3n) is 4.90. The number of nitrogens with one attached hydrogen (secondary N) is 2. The van der Waals surface area contributed by atoms with Crippen molar-refractivity contribution < 1.29 is 29.0 Å². The van der Waals surface area contributed by atoms with Crippen molar-refractivity contribution in [3.63, 3.8) is 0 Å². The average Bonchev–Trinajstić information content (AvgIpc) is 2.97. The largest absolute Gasteiger partial charge is 0.396 e. The maximum absolute atomic E-state index is 14.4. The molecule has 1 aliphatic rings. The molecule has 162 valence electrons. The first-order valence-corrected chi connectivity index (χ1v) is 10.6. The number of nitrogens with zero attached hydrogens (tertiary/aromatic N) is 1. The second kappa shape index (κ2) is 9.86. The van der Waals surface area contributed by atoms with Gasteiger partial charge in [0.15, 0.2) is 5.78 Å². The first kappa shape index (κ1) is 22.7. The molecule has 0 aliphatic heterocycles. The van der Waals surface area contributed by atoms with Gasteiger partial charge in [0.1, 0.15) is 18.2 Å². The average molecular weight is 531 g/mol. The molecule has 0 unspecified atom stereocenters. The Labute approximate surface area is 186 Å². The molecule has 1 aromatic carbocycles. The van der Waals surface area contributed by atoms with E-state index in [1.54, 1.807) is 23.7 Å². The van der Waals surface area contributed by atoms with Gasteiger partial charge in [-0.15, -0.1) is 0 Å². The van der Waals surface area contributed by atoms with Gasteiger partial charge in [-0.3, -0.25) is 14.4 Å². The van der Waals surface area contributed by atoms with Crippen LogP contribution < -0.4 is 10.8 Å². The van der Waals surface area contributed by atoms with Crippen molar-refractivity contribution >= 4 is 45.8 Å². The molecule has 3 rings (SSSR count). The molecule has 0 spiro atoms. The zero-order chi connectivity index (χ0) is 21.8. The summed E-state index contributed by atoms with van der Waals surface area (Å²) in [5.74, 6) is -0.885. The first-order chi connectivity index (χ1) is 14.3. The van der Waals surface area contributed by atoms with Gasteiger partial charge in [-0.1, -0.05) is 0 Å². The van der Waals surface area contributed by atoms with Crippen LogP contribution in [-0.4, -0.2) is 45.8 Å². The Morgan fingerprint density at radius 3 is 2.87 bits per heavy atom. The molecule has 1 aliphatic carbocycles. The van der Waals surface area contributed by atoms with E-state index in [4.69, 9.17) is 9.94 Å². The van der Waals surface area contributed by atoms with E-state index in [0.29, 0.717) is 30.5 Å². The summed E-state index contributed by atoms with van der Waals surface area (Å²) in [6.45, 7) is -0.406. The monoisotopic (exact) mass is 531 g/mol. The van der Waals surface area contributed by atoms with Crippen molar-refractivity contribution in [2.24, 2.45) is 7.05 Å². The van der Waals surface area contributed by atoms with E-state index in [9.17, 15) is 19.1 Å². The fourth-order valence-corrected chi connectivity index (χ4v) is 3.94. The molecule has 0 saturated carbocycles. The Kier molecular flexibility index (Phi) is 7.45. The van der Waals surface area contributed by atoms with Gasteiger partial charge in [-0.2, -0.15) is 0 Å². The molecule has 1 aromatic heterocycles. The molecule has 0 saturated heterocycles. The molecule has 0 radical (unpaired) electrons. The summed E-state index contributed by atoms with van der Waals surface area (Å²) in [4.78, 5) is 30.5. The van der Waals surface area contributed by atoms with Crippen molar-refractivity contribution in [2.75, 3.05) is 18.5 Å². The number of aromatic nitrogens is 1. The fraction of sp³-hybridized carbons (Fsp3) is 0.400. The third-order valence-corrected chi connectivity index (χ3v) is 5.58. The van der Waals surface area contributed by atoms with Gasteiger partial charge in [-0.25, -0.2) is 9.87 Å². The van der Waals surface area contributed by atoms with E-state index in [1.165, 1.54) is 6.07 Å². The summed E-state index contributed by atoms with van der Waals surface area (Å²) < 4.78 is 16.7. The van der Waals surface area contributed by atoms with E-state index in [-0.39, 0.29) is 42.5 Å². The van der Waals surface area contributed by atoms with Crippen molar-refractivity contribution in [2.45, 2.75) is 31.8 Å². The van der Waals surface area contributed by atoms with E-state index in [1.807, 2.05) is 22.6 Å². The Morgan fingerprint density at radius 1 is 1.40 bits per heavy atom. The number of hydrogen-bond acceptors (Lipinski definition) is 6. The van der Waals surface area contributed by atoms with Gasteiger partial charge in [-0.05, 0) is 65.6 Å². The van der Waals surface area contributed by atoms with Crippen LogP contribution in [0.1, 0.15) is 45.7 Å². The summed E-state index contributed by atoms with van der Waals surface area (Å²) in [6.07, 6.45) is 0.711. The predicted molar refractivity (Wildman–Crippen MR) is 116 cm³/mol. The second-order valence-electron chi connectivity index (χ2n) is 7.04. The van der Waals surface area contributed by atoms with E-state index < -0.39 is 17.8 Å². The number of aliphatic hydroxyl groups is 2. The number of carbonyl (C=O) groups excluding carboxylic acids is 2. The second-order valence-corrected chi connectivity index (χ2v) is 8.29. The van der Waals surface area contributed by atoms with Gasteiger partial charge in [0.2, 0.25) is 0 Å². The SMILES string of the molecule is Cn1c(Nc2ccc(I)cc2F)c(C(=O)NOC[C@@H](O)CCO)c2c1C(=O)CCC2. The van der Waals surface area contributed by atoms with Crippen molar-refractivity contribution in [1.82, 2.24) is 10.0 Å². The number of rotatable bonds is 8. The zero-order valence-electron chi connectivity index (χ0n) is 16.4. The standard InChI is InChI=1S/C20H23FIN3O5/c1-25-18-13(3-2-4-16(18)28)17(20(29)24-30-10-12(27)7-8-26)19(25)23-15-6-5-11(22)9-14(15)21/h5-6,9,12,23,26-27H,2-4,7-8,10H2,1H3,(H,24,29)/t12-/m0/s1. The minimum Gasteiger partial charge on any atom is -0.396 e. The highest BCUT2D eigenvalue weighted by Crippen LogP contribution is 2.35. The Bertz CT molecular complexity index is 962. The fourth-order valence-electron chi connectivity index (χ4n) is 3.48. The van der Waals surface area contributed by atoms with Crippen LogP contribution in [0.2, 0.25) is 0 Å². The van der Waals surface area contributed by atoms with Crippen LogP contribution in [0, 0.1) is 9.39 Å². The van der Waals surface area contributed by atoms with Crippen molar-refractivity contribution in [1.29, 1.82) is 0 Å². The van der Waals surface area contributed by atoms with Crippen LogP contribution in [0.3, 0.4) is 0 Å². The number of carbonyl (C=O) groups is 2. The number of fused-ring (bicyclic) bond motifs is 1. The number of benzene rings is 1. The number of hydrogen-bond donors (Lipinski definition) is 4. The lowest BCUT2D eigenvalue weighted by Gasteiger charge is -2.14. The van der Waals surface area contributed by atoms with E-state index in [2.05, 4.69) is 10.8 Å². The molecule has 0 fully saturated rings. The van der Waals surface area contributed by atoms with E-state index in [0.717, 1.165) is 3.57 Å². The lowest BCUT2D eigenvalue weighted by Crippen LogP contribution is -2.30. The highest BCUT2D eigenvalue weighted by molar-refractivity contribution is 14.1. The Hall–Kier alpha value is -2.02. The molecule has 8 nitrogen and oxygen atoms in total. The smallest absolute Gasteiger partial charge is 0.278 e. The molecule has 10 heteroatoms. The minimum atomic E-state index is -0.931. The lowest BCUT2D eigenvalue weighted by atomic mass is 9.93. The lowest BCUT2D eigenvalue weighted by molar-refractivity contribution is -0.0188. The zero-order valence-corrected chi connectivity index (χ0v) is 18.5. The summed E-state index contributed by atoms with van der Waals surface area (Å²) in [7, 11) is 1.65. The van der Waals surface area contributed by atoms with Crippen LogP contribution in [0.4, 0.5) is 15.9 Å². The van der Waals surface area contributed by atoms with Gasteiger partial charge in [0.25, 0.3) is 5.91 Å².